The van der Waals surface area contributed by atoms with E-state index in [0.717, 1.165) is 0 Å². The first kappa shape index (κ1) is 23.7. The second-order valence-corrected chi connectivity index (χ2v) is 11.8. The molecule has 0 saturated carbocycles. The molecule has 0 aliphatic heterocycles. The summed E-state index contributed by atoms with van der Waals surface area (Å²) in [6.45, 7) is 28.2. The van der Waals surface area contributed by atoms with Crippen LogP contribution in [0.25, 0.3) is 11.1 Å². The summed E-state index contributed by atoms with van der Waals surface area (Å²) >= 11 is 0. The Morgan fingerprint density at radius 3 is 1.48 bits per heavy atom. The first-order valence-electron chi connectivity index (χ1n) is 11.5. The van der Waals surface area contributed by atoms with Crippen molar-refractivity contribution in [3.8, 4) is 11.1 Å². The highest BCUT2D eigenvalue weighted by Crippen LogP contribution is 2.47. The zero-order valence-corrected chi connectivity index (χ0v) is 21.1. The van der Waals surface area contributed by atoms with Crippen LogP contribution in [0.15, 0.2) is 30.3 Å². The van der Waals surface area contributed by atoms with E-state index in [2.05, 4.69) is 113 Å². The highest BCUT2D eigenvalue weighted by Gasteiger charge is 2.32. The Labute approximate surface area is 181 Å². The van der Waals surface area contributed by atoms with Crippen molar-refractivity contribution < 1.29 is 0 Å². The maximum atomic E-state index is 2.53. The van der Waals surface area contributed by atoms with Gasteiger partial charge in [-0.05, 0) is 67.5 Å². The number of rotatable bonds is 4. The molecule has 0 radical (unpaired) electrons. The maximum absolute atomic E-state index is 2.53. The van der Waals surface area contributed by atoms with Crippen LogP contribution in [-0.4, -0.2) is 0 Å². The quantitative estimate of drug-likeness (QED) is 0.486. The van der Waals surface area contributed by atoms with Crippen LogP contribution in [-0.2, 0) is 10.8 Å². The number of hydrogen-bond donors (Lipinski definition) is 0. The van der Waals surface area contributed by atoms with Gasteiger partial charge in [0.15, 0.2) is 0 Å². The molecule has 0 aromatic heterocycles. The molecule has 0 unspecified atom stereocenters. The molecule has 0 heterocycles. The fourth-order valence-electron chi connectivity index (χ4n) is 4.51. The third-order valence-corrected chi connectivity index (χ3v) is 6.02. The predicted octanol–water partition coefficient (Wildman–Crippen LogP) is 9.32. The molecular formula is C29H44. The average Bonchev–Trinajstić information content (AvgIpc) is 2.58. The van der Waals surface area contributed by atoms with Crippen LogP contribution in [0.4, 0.5) is 0 Å². The van der Waals surface area contributed by atoms with Gasteiger partial charge in [-0.2, -0.15) is 0 Å². The lowest BCUT2D eigenvalue weighted by atomic mass is 9.68. The van der Waals surface area contributed by atoms with Crippen LogP contribution >= 0.6 is 0 Å². The Kier molecular flexibility index (Phi) is 6.78. The van der Waals surface area contributed by atoms with E-state index in [1.807, 2.05) is 0 Å². The average molecular weight is 393 g/mol. The normalized spacial score (nSPS) is 13.1. The molecular weight excluding hydrogens is 348 g/mol. The molecule has 0 aliphatic carbocycles. The van der Waals surface area contributed by atoms with E-state index >= 15 is 0 Å². The summed E-state index contributed by atoms with van der Waals surface area (Å²) in [6, 6.07) is 11.9. The second-order valence-electron chi connectivity index (χ2n) is 11.8. The zero-order chi connectivity index (χ0) is 22.3. The smallest absolute Gasteiger partial charge is 0.0111 e. The SMILES string of the molecule is CC(C)c1ccc(-c2c(C(C)C)cc(C(C)(C)C)c(C(C)(C)C)c2C(C)C)cc1. The van der Waals surface area contributed by atoms with Crippen molar-refractivity contribution in [1.29, 1.82) is 0 Å². The van der Waals surface area contributed by atoms with Crippen molar-refractivity contribution >= 4 is 0 Å². The molecule has 160 valence electrons. The second kappa shape index (κ2) is 8.29. The van der Waals surface area contributed by atoms with Gasteiger partial charge in [-0.1, -0.05) is 113 Å². The van der Waals surface area contributed by atoms with Gasteiger partial charge in [-0.3, -0.25) is 0 Å². The Morgan fingerprint density at radius 2 is 1.14 bits per heavy atom. The first-order chi connectivity index (χ1) is 13.2. The molecule has 2 rings (SSSR count). The van der Waals surface area contributed by atoms with Crippen molar-refractivity contribution in [1.82, 2.24) is 0 Å². The van der Waals surface area contributed by atoms with Crippen LogP contribution in [0.1, 0.15) is 129 Å². The molecule has 0 atom stereocenters. The molecule has 29 heavy (non-hydrogen) atoms. The van der Waals surface area contributed by atoms with Crippen molar-refractivity contribution in [3.05, 3.63) is 58.1 Å². The topological polar surface area (TPSA) is 0 Å². The predicted molar refractivity (Wildman–Crippen MR) is 132 cm³/mol. The number of hydrogen-bond acceptors (Lipinski definition) is 0. The summed E-state index contributed by atoms with van der Waals surface area (Å²) < 4.78 is 0. The summed E-state index contributed by atoms with van der Waals surface area (Å²) in [5.41, 5.74) is 10.6. The van der Waals surface area contributed by atoms with Crippen LogP contribution in [0, 0.1) is 0 Å². The molecule has 0 spiro atoms. The van der Waals surface area contributed by atoms with Gasteiger partial charge in [0, 0.05) is 0 Å². The Balaban J connectivity index is 3.02. The first-order valence-corrected chi connectivity index (χ1v) is 11.5. The Morgan fingerprint density at radius 1 is 0.621 bits per heavy atom. The van der Waals surface area contributed by atoms with E-state index < -0.39 is 0 Å². The van der Waals surface area contributed by atoms with E-state index in [9.17, 15) is 0 Å². The van der Waals surface area contributed by atoms with E-state index in [1.165, 1.54) is 27.8 Å². The van der Waals surface area contributed by atoms with Gasteiger partial charge in [-0.25, -0.2) is 0 Å². The van der Waals surface area contributed by atoms with Crippen molar-refractivity contribution in [3.63, 3.8) is 0 Å². The van der Waals surface area contributed by atoms with Crippen LogP contribution in [0.5, 0.6) is 0 Å². The van der Waals surface area contributed by atoms with Crippen molar-refractivity contribution in [2.24, 2.45) is 0 Å². The Bertz CT molecular complexity index is 832. The molecule has 2 aromatic rings. The molecule has 2 aromatic carbocycles. The lowest BCUT2D eigenvalue weighted by molar-refractivity contribution is 0.520. The minimum atomic E-state index is 0.102. The van der Waals surface area contributed by atoms with Gasteiger partial charge in [0.25, 0.3) is 0 Å². The van der Waals surface area contributed by atoms with Crippen LogP contribution in [0.2, 0.25) is 0 Å². The minimum Gasteiger partial charge on any atom is -0.0587 e. The fraction of sp³-hybridized carbons (Fsp3) is 0.586. The lowest BCUT2D eigenvalue weighted by Gasteiger charge is -2.37. The minimum absolute atomic E-state index is 0.102. The number of benzene rings is 2. The summed E-state index contributed by atoms with van der Waals surface area (Å²) in [7, 11) is 0. The standard InChI is InChI=1S/C29H44/c1-18(2)21-13-15-22(16-14-21)26-23(19(3)4)17-24(28(7,8)9)27(29(10,11)12)25(26)20(5)6/h13-20H,1-12H3. The molecule has 0 saturated heterocycles. The van der Waals surface area contributed by atoms with Gasteiger partial charge in [0.2, 0.25) is 0 Å². The Hall–Kier alpha value is -1.56. The largest absolute Gasteiger partial charge is 0.0587 e. The van der Waals surface area contributed by atoms with E-state index in [1.54, 1.807) is 11.1 Å². The summed E-state index contributed by atoms with van der Waals surface area (Å²) in [4.78, 5) is 0. The van der Waals surface area contributed by atoms with Crippen molar-refractivity contribution in [2.45, 2.75) is 112 Å². The fourth-order valence-corrected chi connectivity index (χ4v) is 4.51. The monoisotopic (exact) mass is 392 g/mol. The van der Waals surface area contributed by atoms with Gasteiger partial charge in [0.05, 0.1) is 0 Å². The highest BCUT2D eigenvalue weighted by atomic mass is 14.4. The third-order valence-electron chi connectivity index (χ3n) is 6.02. The summed E-state index contributed by atoms with van der Waals surface area (Å²) in [6.07, 6.45) is 0. The molecule has 0 bridgehead atoms. The van der Waals surface area contributed by atoms with Crippen LogP contribution < -0.4 is 0 Å². The summed E-state index contributed by atoms with van der Waals surface area (Å²) in [5.74, 6) is 1.53. The molecule has 0 fully saturated rings. The van der Waals surface area contributed by atoms with Gasteiger partial charge < -0.3 is 0 Å². The van der Waals surface area contributed by atoms with E-state index in [4.69, 9.17) is 0 Å². The van der Waals surface area contributed by atoms with Gasteiger partial charge >= 0.3 is 0 Å². The lowest BCUT2D eigenvalue weighted by Crippen LogP contribution is -2.26. The van der Waals surface area contributed by atoms with E-state index in [-0.39, 0.29) is 10.8 Å². The highest BCUT2D eigenvalue weighted by molar-refractivity contribution is 5.76. The molecule has 0 N–H and O–H groups in total. The molecule has 0 aliphatic rings. The molecule has 0 heteroatoms. The zero-order valence-electron chi connectivity index (χ0n) is 21.1. The molecule has 0 nitrogen and oxygen atoms in total. The van der Waals surface area contributed by atoms with Gasteiger partial charge in [0.1, 0.15) is 0 Å². The summed E-state index contributed by atoms with van der Waals surface area (Å²) in [5, 5.41) is 0. The van der Waals surface area contributed by atoms with Crippen molar-refractivity contribution in [2.75, 3.05) is 0 Å². The molecule has 0 amide bonds. The van der Waals surface area contributed by atoms with Gasteiger partial charge in [-0.15, -0.1) is 0 Å². The maximum Gasteiger partial charge on any atom is -0.0111 e. The van der Waals surface area contributed by atoms with Crippen LogP contribution in [0.3, 0.4) is 0 Å². The van der Waals surface area contributed by atoms with E-state index in [0.29, 0.717) is 17.8 Å². The third kappa shape index (κ3) is 4.96.